The van der Waals surface area contributed by atoms with Crippen molar-refractivity contribution in [2.75, 3.05) is 0 Å². The summed E-state index contributed by atoms with van der Waals surface area (Å²) in [6, 6.07) is 59.4. The van der Waals surface area contributed by atoms with Gasteiger partial charge in [-0.25, -0.2) is 9.97 Å². The van der Waals surface area contributed by atoms with Crippen LogP contribution in [0.1, 0.15) is 37.3 Å². The number of hydrogen-bond donors (Lipinski definition) is 0. The molecule has 0 saturated heterocycles. The summed E-state index contributed by atoms with van der Waals surface area (Å²) in [5.41, 5.74) is 16.3. The minimum absolute atomic E-state index is 0.302. The summed E-state index contributed by atoms with van der Waals surface area (Å²) in [4.78, 5) is 11.0. The third kappa shape index (κ3) is 5.69. The van der Waals surface area contributed by atoms with Crippen LogP contribution in [0.4, 0.5) is 0 Å². The summed E-state index contributed by atoms with van der Waals surface area (Å²) >= 11 is 0. The van der Waals surface area contributed by atoms with Crippen molar-refractivity contribution in [1.29, 1.82) is 0 Å². The first-order valence-electron chi connectivity index (χ1n) is 21.4. The number of furan rings is 3. The number of rotatable bonds is 7. The minimum atomic E-state index is 0.302. The zero-order valence-corrected chi connectivity index (χ0v) is 34.6. The Kier molecular flexibility index (Phi) is 8.26. The molecule has 296 valence electrons. The van der Waals surface area contributed by atoms with Gasteiger partial charge in [0.15, 0.2) is 5.82 Å². The molecule has 0 aliphatic carbocycles. The van der Waals surface area contributed by atoms with Crippen LogP contribution in [-0.4, -0.2) is 9.97 Å². The molecule has 0 aliphatic rings. The molecule has 62 heavy (non-hydrogen) atoms. The first-order chi connectivity index (χ1) is 30.5. The fourth-order valence-corrected chi connectivity index (χ4v) is 9.38. The van der Waals surface area contributed by atoms with Gasteiger partial charge >= 0.3 is 0 Å². The van der Waals surface area contributed by atoms with E-state index in [0.29, 0.717) is 11.7 Å². The number of para-hydroxylation sites is 4. The van der Waals surface area contributed by atoms with Gasteiger partial charge in [-0.1, -0.05) is 129 Å². The summed E-state index contributed by atoms with van der Waals surface area (Å²) in [5, 5.41) is 6.39. The molecule has 8 aromatic carbocycles. The molecule has 0 spiro atoms. The maximum Gasteiger partial charge on any atom is 0.164 e. The van der Waals surface area contributed by atoms with Crippen LogP contribution in [0.5, 0.6) is 0 Å². The number of hydrogen-bond acceptors (Lipinski definition) is 5. The molecule has 12 rings (SSSR count). The van der Waals surface area contributed by atoms with Crippen molar-refractivity contribution in [1.82, 2.24) is 9.97 Å². The van der Waals surface area contributed by atoms with Gasteiger partial charge in [-0.15, -0.1) is 0 Å². The summed E-state index contributed by atoms with van der Waals surface area (Å²) in [7, 11) is 0. The summed E-state index contributed by atoms with van der Waals surface area (Å²) in [6.45, 7) is 6.70. The molecule has 5 heteroatoms. The van der Waals surface area contributed by atoms with Crippen molar-refractivity contribution < 1.29 is 13.3 Å². The average molecular weight is 801 g/mol. The van der Waals surface area contributed by atoms with E-state index < -0.39 is 0 Å². The van der Waals surface area contributed by atoms with Crippen molar-refractivity contribution in [3.8, 4) is 56.2 Å². The molecular weight excluding hydrogens is 761 g/mol. The number of benzene rings is 8. The lowest BCUT2D eigenvalue weighted by molar-refractivity contribution is 0.668. The normalized spacial score (nSPS) is 12.4. The monoisotopic (exact) mass is 800 g/mol. The first kappa shape index (κ1) is 36.1. The van der Waals surface area contributed by atoms with Crippen LogP contribution in [-0.2, 0) is 0 Å². The van der Waals surface area contributed by atoms with E-state index in [1.54, 1.807) is 0 Å². The second kappa shape index (κ2) is 14.2. The van der Waals surface area contributed by atoms with E-state index in [1.807, 2.05) is 24.3 Å². The van der Waals surface area contributed by atoms with Crippen molar-refractivity contribution in [2.45, 2.75) is 33.1 Å². The summed E-state index contributed by atoms with van der Waals surface area (Å²) in [5.74, 6) is 0.895. The van der Waals surface area contributed by atoms with E-state index >= 15 is 0 Å². The molecule has 4 heterocycles. The molecule has 0 saturated carbocycles. The maximum atomic E-state index is 6.82. The predicted molar refractivity (Wildman–Crippen MR) is 254 cm³/mol. The second-order valence-electron chi connectivity index (χ2n) is 16.4. The van der Waals surface area contributed by atoms with Crippen molar-refractivity contribution in [3.05, 3.63) is 181 Å². The molecule has 1 atom stereocenters. The Hall–Kier alpha value is -7.76. The third-order valence-electron chi connectivity index (χ3n) is 12.8. The maximum absolute atomic E-state index is 6.82. The van der Waals surface area contributed by atoms with Crippen LogP contribution < -0.4 is 0 Å². The molecule has 12 aromatic rings. The first-order valence-corrected chi connectivity index (χ1v) is 21.4. The lowest BCUT2D eigenvalue weighted by atomic mass is 9.87. The Morgan fingerprint density at radius 2 is 0.919 bits per heavy atom. The lowest BCUT2D eigenvalue weighted by Gasteiger charge is -2.20. The van der Waals surface area contributed by atoms with Crippen LogP contribution in [0.3, 0.4) is 0 Å². The van der Waals surface area contributed by atoms with Crippen LogP contribution in [0.2, 0.25) is 0 Å². The molecule has 1 unspecified atom stereocenters. The van der Waals surface area contributed by atoms with Crippen LogP contribution in [0.25, 0.3) is 122 Å². The van der Waals surface area contributed by atoms with Crippen LogP contribution in [0, 0.1) is 6.92 Å². The number of fused-ring (bicyclic) bond motifs is 9. The van der Waals surface area contributed by atoms with Gasteiger partial charge in [0, 0.05) is 49.0 Å². The zero-order chi connectivity index (χ0) is 41.5. The average Bonchev–Trinajstić information content (AvgIpc) is 4.02. The molecule has 0 fully saturated rings. The van der Waals surface area contributed by atoms with Crippen molar-refractivity contribution in [2.24, 2.45) is 0 Å². The van der Waals surface area contributed by atoms with Crippen LogP contribution in [0.15, 0.2) is 183 Å². The molecule has 5 nitrogen and oxygen atoms in total. The highest BCUT2D eigenvalue weighted by Gasteiger charge is 2.24. The van der Waals surface area contributed by atoms with Gasteiger partial charge in [0.1, 0.15) is 33.5 Å². The van der Waals surface area contributed by atoms with Crippen molar-refractivity contribution in [3.63, 3.8) is 0 Å². The van der Waals surface area contributed by atoms with E-state index in [9.17, 15) is 0 Å². The molecule has 4 aromatic heterocycles. The molecular formula is C57H40N2O3. The quantitative estimate of drug-likeness (QED) is 0.161. The van der Waals surface area contributed by atoms with Gasteiger partial charge < -0.3 is 13.3 Å². The fraction of sp³-hybridized carbons (Fsp3) is 0.0877. The van der Waals surface area contributed by atoms with E-state index in [0.717, 1.165) is 128 Å². The smallest absolute Gasteiger partial charge is 0.164 e. The highest BCUT2D eigenvalue weighted by atomic mass is 16.3. The largest absolute Gasteiger partial charge is 0.456 e. The Balaban J connectivity index is 1.09. The molecule has 0 bridgehead atoms. The standard InChI is InChI=1S/C57H40N2O3/c1-4-33(2)39-27-24-36(35-14-6-5-7-15-35)32-48(39)54-34(3)53(44-20-12-18-42-40-16-8-11-23-50(40)61-55(42)44)58-57(59-54)45-21-13-19-43-47-31-38(26-29-52(47)62-56(43)45)37-25-28-51-46(30-37)41-17-9-10-22-49(41)60-51/h5-33H,4H2,1-3H3. The van der Waals surface area contributed by atoms with E-state index in [4.69, 9.17) is 23.2 Å². The number of aromatic nitrogens is 2. The van der Waals surface area contributed by atoms with Gasteiger partial charge in [0.05, 0.1) is 17.0 Å². The highest BCUT2D eigenvalue weighted by molar-refractivity contribution is 6.12. The van der Waals surface area contributed by atoms with E-state index in [-0.39, 0.29) is 0 Å². The lowest BCUT2D eigenvalue weighted by Crippen LogP contribution is -2.04. The van der Waals surface area contributed by atoms with Gasteiger partial charge in [-0.05, 0) is 102 Å². The highest BCUT2D eigenvalue weighted by Crippen LogP contribution is 2.44. The Morgan fingerprint density at radius 3 is 1.63 bits per heavy atom. The second-order valence-corrected chi connectivity index (χ2v) is 16.4. The van der Waals surface area contributed by atoms with Gasteiger partial charge in [0.25, 0.3) is 0 Å². The van der Waals surface area contributed by atoms with Gasteiger partial charge in [0.2, 0.25) is 0 Å². The minimum Gasteiger partial charge on any atom is -0.456 e. The fourth-order valence-electron chi connectivity index (χ4n) is 9.38. The SMILES string of the molecule is CCC(C)c1ccc(-c2ccccc2)cc1-c1nc(-c2cccc3c2oc2ccc(-c4ccc5oc6ccccc6c5c4)cc23)nc(-c2cccc3c2oc2ccccc23)c1C. The Morgan fingerprint density at radius 1 is 0.419 bits per heavy atom. The molecule has 0 amide bonds. The van der Waals surface area contributed by atoms with E-state index in [1.165, 1.54) is 5.56 Å². The number of nitrogens with zero attached hydrogens (tertiary/aromatic N) is 2. The van der Waals surface area contributed by atoms with Gasteiger partial charge in [-0.3, -0.25) is 0 Å². The summed E-state index contributed by atoms with van der Waals surface area (Å²) < 4.78 is 19.6. The molecule has 0 radical (unpaired) electrons. The third-order valence-corrected chi connectivity index (χ3v) is 12.8. The van der Waals surface area contributed by atoms with Crippen molar-refractivity contribution >= 4 is 65.8 Å². The molecule has 0 N–H and O–H groups in total. The van der Waals surface area contributed by atoms with Gasteiger partial charge in [-0.2, -0.15) is 0 Å². The Bertz CT molecular complexity index is 3720. The predicted octanol–water partition coefficient (Wildman–Crippen LogP) is 16.3. The Labute approximate surface area is 357 Å². The zero-order valence-electron chi connectivity index (χ0n) is 34.6. The topological polar surface area (TPSA) is 65.2 Å². The summed E-state index contributed by atoms with van der Waals surface area (Å²) in [6.07, 6.45) is 0.993. The van der Waals surface area contributed by atoms with Crippen LogP contribution >= 0.6 is 0 Å². The molecule has 0 aliphatic heterocycles. The van der Waals surface area contributed by atoms with E-state index in [2.05, 4.69) is 166 Å².